The second-order valence-electron chi connectivity index (χ2n) is 3.27. The minimum atomic E-state index is 0.0601. The molecule has 3 nitrogen and oxygen atoms in total. The van der Waals surface area contributed by atoms with Crippen LogP contribution in [-0.2, 0) is 4.79 Å². The molecular weight excluding hydrogens is 164 g/mol. The molecule has 67 valence electrons. The number of rotatable bonds is 0. The number of hydrogen-bond acceptors (Lipinski definition) is 2. The van der Waals surface area contributed by atoms with E-state index in [1.807, 2.05) is 19.1 Å². The van der Waals surface area contributed by atoms with Gasteiger partial charge < -0.3 is 10.6 Å². The zero-order valence-electron chi connectivity index (χ0n) is 7.42. The molecule has 1 amide bonds. The molecule has 0 spiro atoms. The topological polar surface area (TPSA) is 41.1 Å². The number of hydrogen-bond donors (Lipinski definition) is 2. The van der Waals surface area contributed by atoms with Crippen LogP contribution < -0.4 is 10.6 Å². The number of anilines is 2. The Bertz CT molecular complexity index is 335. The molecule has 1 heterocycles. The monoisotopic (exact) mass is 175 g/mol. The average Bonchev–Trinajstić information content (AvgIpc) is 2.20. The highest BCUT2D eigenvalue weighted by atomic mass is 16.1. The highest BCUT2D eigenvalue weighted by Gasteiger charge is 2.16. The van der Waals surface area contributed by atoms with E-state index in [0.29, 0.717) is 6.42 Å². The van der Waals surface area contributed by atoms with Gasteiger partial charge in [0.2, 0.25) is 5.91 Å². The van der Waals surface area contributed by atoms with Crippen LogP contribution in [0.1, 0.15) is 13.3 Å². The summed E-state index contributed by atoms with van der Waals surface area (Å²) in [7, 11) is 0. The van der Waals surface area contributed by atoms with Crippen molar-refractivity contribution < 1.29 is 4.79 Å². The normalized spacial score (nSPS) is 21.0. The highest BCUT2D eigenvalue weighted by molar-refractivity contribution is 5.96. The molecule has 13 heavy (non-hydrogen) atoms. The van der Waals surface area contributed by atoms with Crippen molar-refractivity contribution in [1.29, 1.82) is 0 Å². The second kappa shape index (κ2) is 3.09. The number of nitrogens with one attached hydrogen (secondary N) is 2. The summed E-state index contributed by atoms with van der Waals surface area (Å²) in [6.07, 6.45) is 0.509. The number of carbonyl (C=O) groups is 1. The average molecular weight is 175 g/mol. The molecule has 1 radical (unpaired) electrons. The van der Waals surface area contributed by atoms with E-state index in [-0.39, 0.29) is 11.9 Å². The summed E-state index contributed by atoms with van der Waals surface area (Å²) in [5.41, 5.74) is 1.79. The van der Waals surface area contributed by atoms with Crippen molar-refractivity contribution in [3.05, 3.63) is 24.3 Å². The highest BCUT2D eigenvalue weighted by Crippen LogP contribution is 2.24. The maximum atomic E-state index is 11.3. The van der Waals surface area contributed by atoms with Gasteiger partial charge in [0, 0.05) is 12.5 Å². The molecule has 0 aliphatic carbocycles. The van der Waals surface area contributed by atoms with Crippen molar-refractivity contribution in [3.63, 3.8) is 0 Å². The van der Waals surface area contributed by atoms with Crippen LogP contribution in [0.5, 0.6) is 0 Å². The molecule has 2 rings (SSSR count). The molecule has 1 aromatic rings. The third kappa shape index (κ3) is 1.64. The van der Waals surface area contributed by atoms with Crippen molar-refractivity contribution in [3.8, 4) is 0 Å². The van der Waals surface area contributed by atoms with Gasteiger partial charge in [0.15, 0.2) is 0 Å². The van der Waals surface area contributed by atoms with Crippen molar-refractivity contribution in [2.75, 3.05) is 10.6 Å². The molecule has 0 saturated carbocycles. The molecule has 3 heteroatoms. The Labute approximate surface area is 77.1 Å². The van der Waals surface area contributed by atoms with Gasteiger partial charge in [-0.2, -0.15) is 0 Å². The number of amides is 1. The van der Waals surface area contributed by atoms with E-state index in [4.69, 9.17) is 0 Å². The maximum Gasteiger partial charge on any atom is 0.226 e. The van der Waals surface area contributed by atoms with E-state index in [0.717, 1.165) is 11.4 Å². The zero-order chi connectivity index (χ0) is 9.26. The first-order valence-electron chi connectivity index (χ1n) is 4.32. The smallest absolute Gasteiger partial charge is 0.226 e. The summed E-state index contributed by atoms with van der Waals surface area (Å²) in [4.78, 5) is 11.3. The van der Waals surface area contributed by atoms with Crippen LogP contribution in [0.15, 0.2) is 18.2 Å². The summed E-state index contributed by atoms with van der Waals surface area (Å²) in [5.74, 6) is 0.0601. The Hall–Kier alpha value is -1.51. The van der Waals surface area contributed by atoms with E-state index < -0.39 is 0 Å². The summed E-state index contributed by atoms with van der Waals surface area (Å²) >= 11 is 0. The maximum absolute atomic E-state index is 11.3. The largest absolute Gasteiger partial charge is 0.380 e. The second-order valence-corrected chi connectivity index (χ2v) is 3.27. The lowest BCUT2D eigenvalue weighted by Crippen LogP contribution is -2.18. The number of carbonyl (C=O) groups excluding carboxylic acids is 1. The standard InChI is InChI=1S/C10H11N2O/c1-7-6-10(13)12-9-5-3-2-4-8(9)11-7/h3-5,7,11H,6H2,1H3,(H,12,13). The summed E-state index contributed by atoms with van der Waals surface area (Å²) in [6, 6.07) is 8.63. The molecular formula is C10H11N2O. The van der Waals surface area contributed by atoms with Gasteiger partial charge in [-0.1, -0.05) is 6.07 Å². The molecule has 0 fully saturated rings. The summed E-state index contributed by atoms with van der Waals surface area (Å²) in [6.45, 7) is 1.99. The molecule has 1 aromatic carbocycles. The predicted molar refractivity (Wildman–Crippen MR) is 51.6 cm³/mol. The minimum absolute atomic E-state index is 0.0601. The van der Waals surface area contributed by atoms with Gasteiger partial charge >= 0.3 is 0 Å². The van der Waals surface area contributed by atoms with Crippen molar-refractivity contribution in [2.24, 2.45) is 0 Å². The van der Waals surface area contributed by atoms with E-state index in [1.165, 1.54) is 0 Å². The lowest BCUT2D eigenvalue weighted by molar-refractivity contribution is -0.116. The molecule has 0 bridgehead atoms. The van der Waals surface area contributed by atoms with Gasteiger partial charge in [-0.15, -0.1) is 0 Å². The first-order chi connectivity index (χ1) is 6.25. The van der Waals surface area contributed by atoms with Gasteiger partial charge in [0.25, 0.3) is 0 Å². The molecule has 1 atom stereocenters. The Balaban J connectivity index is 2.38. The Morgan fingerprint density at radius 3 is 3.23 bits per heavy atom. The molecule has 0 aromatic heterocycles. The van der Waals surface area contributed by atoms with Crippen LogP contribution >= 0.6 is 0 Å². The van der Waals surface area contributed by atoms with Crippen LogP contribution in [-0.4, -0.2) is 11.9 Å². The predicted octanol–water partition coefficient (Wildman–Crippen LogP) is 1.63. The Morgan fingerprint density at radius 1 is 1.54 bits per heavy atom. The molecule has 1 aliphatic rings. The Kier molecular flexibility index (Phi) is 1.93. The van der Waals surface area contributed by atoms with E-state index in [2.05, 4.69) is 16.7 Å². The van der Waals surface area contributed by atoms with Crippen molar-refractivity contribution in [2.45, 2.75) is 19.4 Å². The van der Waals surface area contributed by atoms with Crippen LogP contribution in [0.4, 0.5) is 11.4 Å². The number of benzene rings is 1. The lowest BCUT2D eigenvalue weighted by atomic mass is 10.2. The summed E-state index contributed by atoms with van der Waals surface area (Å²) < 4.78 is 0. The van der Waals surface area contributed by atoms with Crippen LogP contribution in [0.2, 0.25) is 0 Å². The fourth-order valence-corrected chi connectivity index (χ4v) is 1.45. The van der Waals surface area contributed by atoms with E-state index in [9.17, 15) is 4.79 Å². The van der Waals surface area contributed by atoms with Gasteiger partial charge in [0.05, 0.1) is 11.4 Å². The third-order valence-electron chi connectivity index (χ3n) is 2.03. The molecule has 0 saturated heterocycles. The van der Waals surface area contributed by atoms with Crippen LogP contribution in [0.3, 0.4) is 0 Å². The van der Waals surface area contributed by atoms with Gasteiger partial charge in [-0.05, 0) is 25.1 Å². The van der Waals surface area contributed by atoms with Crippen LogP contribution in [0.25, 0.3) is 0 Å². The molecule has 2 N–H and O–H groups in total. The van der Waals surface area contributed by atoms with Crippen molar-refractivity contribution in [1.82, 2.24) is 0 Å². The zero-order valence-corrected chi connectivity index (χ0v) is 7.42. The first kappa shape index (κ1) is 8.10. The lowest BCUT2D eigenvalue weighted by Gasteiger charge is -2.10. The molecule has 1 aliphatic heterocycles. The number of fused-ring (bicyclic) bond motifs is 1. The van der Waals surface area contributed by atoms with E-state index in [1.54, 1.807) is 6.07 Å². The fraction of sp³-hybridized carbons (Fsp3) is 0.300. The van der Waals surface area contributed by atoms with Gasteiger partial charge in [-0.3, -0.25) is 4.79 Å². The van der Waals surface area contributed by atoms with Crippen molar-refractivity contribution >= 4 is 17.3 Å². The van der Waals surface area contributed by atoms with Crippen LogP contribution in [0, 0.1) is 6.07 Å². The fourth-order valence-electron chi connectivity index (χ4n) is 1.45. The first-order valence-corrected chi connectivity index (χ1v) is 4.32. The minimum Gasteiger partial charge on any atom is -0.380 e. The summed E-state index contributed by atoms with van der Waals surface area (Å²) in [5, 5.41) is 6.07. The van der Waals surface area contributed by atoms with Gasteiger partial charge in [0.1, 0.15) is 0 Å². The molecule has 1 unspecified atom stereocenters. The van der Waals surface area contributed by atoms with Gasteiger partial charge in [-0.25, -0.2) is 0 Å². The Morgan fingerprint density at radius 2 is 2.38 bits per heavy atom. The third-order valence-corrected chi connectivity index (χ3v) is 2.03. The SMILES string of the molecule is CC1CC(=O)Nc2cc[c]cc2N1. The quantitative estimate of drug-likeness (QED) is 0.629. The van der Waals surface area contributed by atoms with E-state index >= 15 is 0 Å².